The van der Waals surface area contributed by atoms with Crippen LogP contribution in [0.4, 0.5) is 0 Å². The second-order valence-electron chi connectivity index (χ2n) is 4.49. The minimum absolute atomic E-state index is 0.191. The SMILES string of the molecule is CCC(OC(=O)/C=C/c1ccccc1)c1ccccc1. The molecular formula is C18H18O2. The van der Waals surface area contributed by atoms with Gasteiger partial charge < -0.3 is 4.74 Å². The number of hydrogen-bond donors (Lipinski definition) is 0. The highest BCUT2D eigenvalue weighted by Gasteiger charge is 2.12. The highest BCUT2D eigenvalue weighted by atomic mass is 16.5. The first-order valence-corrected chi connectivity index (χ1v) is 6.78. The molecule has 102 valence electrons. The van der Waals surface area contributed by atoms with Crippen molar-refractivity contribution in [3.8, 4) is 0 Å². The Hall–Kier alpha value is -2.35. The van der Waals surface area contributed by atoms with Gasteiger partial charge >= 0.3 is 5.97 Å². The molecule has 2 aromatic carbocycles. The first-order chi connectivity index (χ1) is 9.79. The van der Waals surface area contributed by atoms with Crippen LogP contribution in [0.25, 0.3) is 6.08 Å². The molecule has 0 aliphatic carbocycles. The van der Waals surface area contributed by atoms with Crippen LogP contribution in [0.3, 0.4) is 0 Å². The van der Waals surface area contributed by atoms with Crippen LogP contribution < -0.4 is 0 Å². The van der Waals surface area contributed by atoms with Crippen molar-refractivity contribution in [3.05, 3.63) is 77.9 Å². The molecule has 0 saturated carbocycles. The molecule has 0 aliphatic heterocycles. The zero-order chi connectivity index (χ0) is 14.2. The Labute approximate surface area is 119 Å². The van der Waals surface area contributed by atoms with E-state index >= 15 is 0 Å². The minimum atomic E-state index is -0.315. The van der Waals surface area contributed by atoms with Gasteiger partial charge in [-0.1, -0.05) is 67.6 Å². The average Bonchev–Trinajstić information content (AvgIpc) is 2.52. The van der Waals surface area contributed by atoms with Crippen molar-refractivity contribution in [2.45, 2.75) is 19.4 Å². The van der Waals surface area contributed by atoms with Crippen LogP contribution in [0.2, 0.25) is 0 Å². The Kier molecular flexibility index (Phi) is 5.13. The molecule has 0 N–H and O–H groups in total. The summed E-state index contributed by atoms with van der Waals surface area (Å²) in [6.45, 7) is 2.01. The van der Waals surface area contributed by atoms with Crippen molar-refractivity contribution < 1.29 is 9.53 Å². The van der Waals surface area contributed by atoms with Gasteiger partial charge in [0, 0.05) is 6.08 Å². The molecule has 2 rings (SSSR count). The number of carbonyl (C=O) groups is 1. The fraction of sp³-hybridized carbons (Fsp3) is 0.167. The van der Waals surface area contributed by atoms with Gasteiger partial charge in [-0.2, -0.15) is 0 Å². The Morgan fingerprint density at radius 1 is 1.05 bits per heavy atom. The van der Waals surface area contributed by atoms with Crippen LogP contribution in [0.1, 0.15) is 30.6 Å². The predicted octanol–water partition coefficient (Wildman–Crippen LogP) is 4.39. The molecule has 0 spiro atoms. The van der Waals surface area contributed by atoms with E-state index in [2.05, 4.69) is 0 Å². The molecule has 0 aromatic heterocycles. The van der Waals surface area contributed by atoms with Gasteiger partial charge in [0.05, 0.1) is 0 Å². The monoisotopic (exact) mass is 266 g/mol. The summed E-state index contributed by atoms with van der Waals surface area (Å²) in [4.78, 5) is 11.8. The van der Waals surface area contributed by atoms with Crippen molar-refractivity contribution in [1.82, 2.24) is 0 Å². The summed E-state index contributed by atoms with van der Waals surface area (Å²) in [7, 11) is 0. The second-order valence-corrected chi connectivity index (χ2v) is 4.49. The van der Waals surface area contributed by atoms with Crippen LogP contribution in [0, 0.1) is 0 Å². The fourth-order valence-corrected chi connectivity index (χ4v) is 1.96. The van der Waals surface area contributed by atoms with E-state index in [0.717, 1.165) is 17.5 Å². The zero-order valence-electron chi connectivity index (χ0n) is 11.5. The van der Waals surface area contributed by atoms with Crippen molar-refractivity contribution in [3.63, 3.8) is 0 Å². The lowest BCUT2D eigenvalue weighted by Crippen LogP contribution is -2.08. The number of esters is 1. The maximum atomic E-state index is 11.8. The molecule has 0 saturated heterocycles. The van der Waals surface area contributed by atoms with E-state index in [9.17, 15) is 4.79 Å². The quantitative estimate of drug-likeness (QED) is 0.592. The molecule has 1 atom stereocenters. The third-order valence-corrected chi connectivity index (χ3v) is 3.01. The molecule has 0 aliphatic rings. The van der Waals surface area contributed by atoms with Gasteiger partial charge in [-0.15, -0.1) is 0 Å². The topological polar surface area (TPSA) is 26.3 Å². The van der Waals surface area contributed by atoms with Crippen molar-refractivity contribution >= 4 is 12.0 Å². The summed E-state index contributed by atoms with van der Waals surface area (Å²) in [6, 6.07) is 19.5. The third-order valence-electron chi connectivity index (χ3n) is 3.01. The molecule has 0 heterocycles. The lowest BCUT2D eigenvalue weighted by atomic mass is 10.1. The zero-order valence-corrected chi connectivity index (χ0v) is 11.5. The Bertz CT molecular complexity index is 558. The van der Waals surface area contributed by atoms with Crippen LogP contribution in [-0.2, 0) is 9.53 Å². The normalized spacial score (nSPS) is 12.2. The third kappa shape index (κ3) is 4.09. The molecule has 0 bridgehead atoms. The van der Waals surface area contributed by atoms with Crippen LogP contribution in [-0.4, -0.2) is 5.97 Å². The van der Waals surface area contributed by atoms with Gasteiger partial charge in [-0.25, -0.2) is 4.79 Å². The summed E-state index contributed by atoms with van der Waals surface area (Å²) in [5, 5.41) is 0. The average molecular weight is 266 g/mol. The van der Waals surface area contributed by atoms with Gasteiger partial charge in [0.15, 0.2) is 0 Å². The van der Waals surface area contributed by atoms with Crippen molar-refractivity contribution in [2.24, 2.45) is 0 Å². The highest BCUT2D eigenvalue weighted by molar-refractivity contribution is 5.87. The molecule has 0 amide bonds. The van der Waals surface area contributed by atoms with Crippen LogP contribution >= 0.6 is 0 Å². The van der Waals surface area contributed by atoms with Crippen LogP contribution in [0.15, 0.2) is 66.7 Å². The Balaban J connectivity index is 1.98. The van der Waals surface area contributed by atoms with Gasteiger partial charge in [0.1, 0.15) is 6.10 Å². The Morgan fingerprint density at radius 3 is 2.25 bits per heavy atom. The second kappa shape index (κ2) is 7.29. The van der Waals surface area contributed by atoms with E-state index < -0.39 is 0 Å². The number of rotatable bonds is 5. The molecular weight excluding hydrogens is 248 g/mol. The maximum Gasteiger partial charge on any atom is 0.331 e. The fourth-order valence-electron chi connectivity index (χ4n) is 1.96. The van der Waals surface area contributed by atoms with Gasteiger partial charge in [0.2, 0.25) is 0 Å². The standard InChI is InChI=1S/C18H18O2/c1-2-17(16-11-7-4-8-12-16)20-18(19)14-13-15-9-5-3-6-10-15/h3-14,17H,2H2,1H3/b14-13+. The number of carbonyl (C=O) groups excluding carboxylic acids is 1. The van der Waals surface area contributed by atoms with Gasteiger partial charge in [-0.3, -0.25) is 0 Å². The van der Waals surface area contributed by atoms with E-state index in [0.29, 0.717) is 0 Å². The first kappa shape index (κ1) is 14.1. The number of benzene rings is 2. The first-order valence-electron chi connectivity index (χ1n) is 6.78. The molecule has 20 heavy (non-hydrogen) atoms. The molecule has 2 heteroatoms. The van der Waals surface area contributed by atoms with Crippen LogP contribution in [0.5, 0.6) is 0 Å². The van der Waals surface area contributed by atoms with E-state index in [1.807, 2.05) is 67.6 Å². The molecule has 2 nitrogen and oxygen atoms in total. The minimum Gasteiger partial charge on any atom is -0.454 e. The highest BCUT2D eigenvalue weighted by Crippen LogP contribution is 2.20. The van der Waals surface area contributed by atoms with Crippen molar-refractivity contribution in [2.75, 3.05) is 0 Å². The van der Waals surface area contributed by atoms with E-state index in [-0.39, 0.29) is 12.1 Å². The van der Waals surface area contributed by atoms with Gasteiger partial charge in [0.25, 0.3) is 0 Å². The van der Waals surface area contributed by atoms with Gasteiger partial charge in [-0.05, 0) is 23.6 Å². The molecule has 0 fully saturated rings. The largest absolute Gasteiger partial charge is 0.454 e. The smallest absolute Gasteiger partial charge is 0.331 e. The maximum absolute atomic E-state index is 11.8. The summed E-state index contributed by atoms with van der Waals surface area (Å²) >= 11 is 0. The molecule has 0 radical (unpaired) electrons. The van der Waals surface area contributed by atoms with E-state index in [1.165, 1.54) is 6.08 Å². The van der Waals surface area contributed by atoms with E-state index in [4.69, 9.17) is 4.74 Å². The molecule has 2 aromatic rings. The van der Waals surface area contributed by atoms with Crippen molar-refractivity contribution in [1.29, 1.82) is 0 Å². The number of hydrogen-bond acceptors (Lipinski definition) is 2. The number of ether oxygens (including phenoxy) is 1. The summed E-state index contributed by atoms with van der Waals surface area (Å²) in [6.07, 6.45) is 3.81. The summed E-state index contributed by atoms with van der Waals surface area (Å²) in [5.41, 5.74) is 2.01. The predicted molar refractivity (Wildman–Crippen MR) is 81.0 cm³/mol. The summed E-state index contributed by atoms with van der Waals surface area (Å²) < 4.78 is 5.48. The lowest BCUT2D eigenvalue weighted by molar-refractivity contribution is -0.143. The summed E-state index contributed by atoms with van der Waals surface area (Å²) in [5.74, 6) is -0.315. The van der Waals surface area contributed by atoms with E-state index in [1.54, 1.807) is 6.08 Å². The lowest BCUT2D eigenvalue weighted by Gasteiger charge is -2.15. The Morgan fingerprint density at radius 2 is 1.65 bits per heavy atom. The molecule has 1 unspecified atom stereocenters.